The lowest BCUT2D eigenvalue weighted by Crippen LogP contribution is -2.55. The maximum atomic E-state index is 13.4. The summed E-state index contributed by atoms with van der Waals surface area (Å²) in [5.41, 5.74) is -1.26. The van der Waals surface area contributed by atoms with E-state index in [0.717, 1.165) is 6.54 Å². The normalized spacial score (nSPS) is 34.8. The average Bonchev–Trinajstić information content (AvgIpc) is 2.10. The molecule has 0 unspecified atom stereocenters. The number of aliphatic hydroxyl groups excluding tert-OH is 1. The third-order valence-electron chi connectivity index (χ3n) is 2.99. The van der Waals surface area contributed by atoms with Gasteiger partial charge in [-0.25, -0.2) is 8.78 Å². The minimum Gasteiger partial charge on any atom is -0.396 e. The average molecular weight is 193 g/mol. The lowest BCUT2D eigenvalue weighted by Gasteiger charge is -2.44. The Balaban J connectivity index is 2.75. The molecule has 0 amide bonds. The number of nitrogens with zero attached hydrogens (tertiary/aromatic N) is 1. The van der Waals surface area contributed by atoms with Gasteiger partial charge in [0.15, 0.2) is 0 Å². The number of hydrogen-bond acceptors (Lipinski definition) is 2. The Hall–Kier alpha value is -0.220. The number of aliphatic hydroxyl groups is 1. The van der Waals surface area contributed by atoms with Crippen LogP contribution in [0.1, 0.15) is 20.3 Å². The third kappa shape index (κ3) is 1.83. The Kier molecular flexibility index (Phi) is 2.92. The van der Waals surface area contributed by atoms with Crippen LogP contribution in [-0.2, 0) is 0 Å². The zero-order valence-corrected chi connectivity index (χ0v) is 8.19. The molecule has 0 aliphatic carbocycles. The van der Waals surface area contributed by atoms with Crippen molar-refractivity contribution in [2.24, 2.45) is 5.41 Å². The van der Waals surface area contributed by atoms with Crippen molar-refractivity contribution < 1.29 is 13.9 Å². The van der Waals surface area contributed by atoms with Crippen LogP contribution in [0, 0.1) is 5.41 Å². The Morgan fingerprint density at radius 1 is 1.46 bits per heavy atom. The fourth-order valence-electron chi connectivity index (χ4n) is 1.72. The van der Waals surface area contributed by atoms with Gasteiger partial charge in [0.25, 0.3) is 5.92 Å². The van der Waals surface area contributed by atoms with Crippen molar-refractivity contribution in [2.75, 3.05) is 26.2 Å². The molecule has 13 heavy (non-hydrogen) atoms. The molecule has 1 heterocycles. The van der Waals surface area contributed by atoms with Gasteiger partial charge in [0.1, 0.15) is 0 Å². The van der Waals surface area contributed by atoms with E-state index in [-0.39, 0.29) is 13.0 Å². The molecule has 1 aliphatic rings. The van der Waals surface area contributed by atoms with Gasteiger partial charge in [0.05, 0.1) is 12.0 Å². The largest absolute Gasteiger partial charge is 0.396 e. The number of hydrogen-bond donors (Lipinski definition) is 1. The molecule has 0 saturated carbocycles. The van der Waals surface area contributed by atoms with Crippen molar-refractivity contribution >= 4 is 0 Å². The molecule has 1 atom stereocenters. The molecule has 0 radical (unpaired) electrons. The van der Waals surface area contributed by atoms with Crippen molar-refractivity contribution in [1.82, 2.24) is 4.90 Å². The second-order valence-electron chi connectivity index (χ2n) is 4.04. The Bertz CT molecular complexity index is 186. The topological polar surface area (TPSA) is 23.5 Å². The van der Waals surface area contributed by atoms with Gasteiger partial charge in [-0.05, 0) is 6.54 Å². The maximum Gasteiger partial charge on any atom is 0.258 e. The summed E-state index contributed by atoms with van der Waals surface area (Å²) in [6.45, 7) is 4.43. The predicted octanol–water partition coefficient (Wildman–Crippen LogP) is 1.35. The Morgan fingerprint density at radius 3 is 2.54 bits per heavy atom. The van der Waals surface area contributed by atoms with Gasteiger partial charge in [-0.2, -0.15) is 0 Å². The van der Waals surface area contributed by atoms with E-state index in [0.29, 0.717) is 6.54 Å². The van der Waals surface area contributed by atoms with Crippen LogP contribution in [0.3, 0.4) is 0 Å². The van der Waals surface area contributed by atoms with E-state index in [1.807, 2.05) is 11.8 Å². The summed E-state index contributed by atoms with van der Waals surface area (Å²) in [5.74, 6) is -2.73. The van der Waals surface area contributed by atoms with Gasteiger partial charge in [-0.1, -0.05) is 13.8 Å². The molecule has 1 saturated heterocycles. The van der Waals surface area contributed by atoms with Crippen LogP contribution in [0.2, 0.25) is 0 Å². The van der Waals surface area contributed by atoms with Crippen LogP contribution in [0.15, 0.2) is 0 Å². The highest BCUT2D eigenvalue weighted by Crippen LogP contribution is 2.42. The lowest BCUT2D eigenvalue weighted by molar-refractivity contribution is -0.174. The monoisotopic (exact) mass is 193 g/mol. The summed E-state index contributed by atoms with van der Waals surface area (Å²) in [6.07, 6.45) is -0.141. The number of alkyl halides is 2. The van der Waals surface area contributed by atoms with E-state index < -0.39 is 17.9 Å². The van der Waals surface area contributed by atoms with Gasteiger partial charge >= 0.3 is 0 Å². The standard InChI is InChI=1S/C9H17F2NO/c1-3-12-5-4-9(10,11)8(2,6-12)7-13/h13H,3-7H2,1-2H3/t8-/m0/s1. The summed E-state index contributed by atoms with van der Waals surface area (Å²) in [7, 11) is 0. The minimum absolute atomic E-state index is 0.141. The molecule has 0 aromatic heterocycles. The molecule has 1 rings (SSSR count). The molecule has 1 aliphatic heterocycles. The molecule has 0 bridgehead atoms. The Morgan fingerprint density at radius 2 is 2.08 bits per heavy atom. The lowest BCUT2D eigenvalue weighted by atomic mass is 9.79. The number of likely N-dealkylation sites (tertiary alicyclic amines) is 1. The fourth-order valence-corrected chi connectivity index (χ4v) is 1.72. The van der Waals surface area contributed by atoms with Crippen LogP contribution in [0.25, 0.3) is 0 Å². The quantitative estimate of drug-likeness (QED) is 0.715. The smallest absolute Gasteiger partial charge is 0.258 e. The first-order valence-corrected chi connectivity index (χ1v) is 4.66. The van der Waals surface area contributed by atoms with Crippen molar-refractivity contribution in [3.8, 4) is 0 Å². The summed E-state index contributed by atoms with van der Waals surface area (Å²) in [4.78, 5) is 1.95. The van der Waals surface area contributed by atoms with E-state index in [4.69, 9.17) is 5.11 Å². The molecule has 1 N–H and O–H groups in total. The van der Waals surface area contributed by atoms with Gasteiger partial charge in [-0.15, -0.1) is 0 Å². The zero-order valence-electron chi connectivity index (χ0n) is 8.19. The molecule has 2 nitrogen and oxygen atoms in total. The Labute approximate surface area is 77.5 Å². The number of piperidine rings is 1. The van der Waals surface area contributed by atoms with Gasteiger partial charge in [0, 0.05) is 19.5 Å². The first-order chi connectivity index (χ1) is 5.95. The van der Waals surface area contributed by atoms with E-state index in [9.17, 15) is 8.78 Å². The maximum absolute atomic E-state index is 13.4. The molecule has 0 aromatic carbocycles. The number of rotatable bonds is 2. The number of halogens is 2. The summed E-state index contributed by atoms with van der Waals surface area (Å²) < 4.78 is 26.8. The summed E-state index contributed by atoms with van der Waals surface area (Å²) >= 11 is 0. The first-order valence-electron chi connectivity index (χ1n) is 4.66. The molecule has 0 aromatic rings. The van der Waals surface area contributed by atoms with E-state index >= 15 is 0 Å². The van der Waals surface area contributed by atoms with Crippen LogP contribution in [0.4, 0.5) is 8.78 Å². The van der Waals surface area contributed by atoms with E-state index in [1.165, 1.54) is 6.92 Å². The highest BCUT2D eigenvalue weighted by atomic mass is 19.3. The van der Waals surface area contributed by atoms with Crippen LogP contribution < -0.4 is 0 Å². The van der Waals surface area contributed by atoms with E-state index in [1.54, 1.807) is 0 Å². The van der Waals surface area contributed by atoms with Crippen molar-refractivity contribution in [1.29, 1.82) is 0 Å². The highest BCUT2D eigenvalue weighted by Gasteiger charge is 2.52. The fraction of sp³-hybridized carbons (Fsp3) is 1.00. The van der Waals surface area contributed by atoms with Gasteiger partial charge in [-0.3, -0.25) is 0 Å². The van der Waals surface area contributed by atoms with E-state index in [2.05, 4.69) is 0 Å². The molecule has 1 fully saturated rings. The van der Waals surface area contributed by atoms with Crippen LogP contribution >= 0.6 is 0 Å². The summed E-state index contributed by atoms with van der Waals surface area (Å²) in [6, 6.07) is 0. The second kappa shape index (κ2) is 3.50. The second-order valence-corrected chi connectivity index (χ2v) is 4.04. The van der Waals surface area contributed by atoms with Crippen molar-refractivity contribution in [3.63, 3.8) is 0 Å². The minimum atomic E-state index is -2.73. The first kappa shape index (κ1) is 10.9. The van der Waals surface area contributed by atoms with Crippen LogP contribution in [-0.4, -0.2) is 42.2 Å². The molecule has 0 spiro atoms. The third-order valence-corrected chi connectivity index (χ3v) is 2.99. The highest BCUT2D eigenvalue weighted by molar-refractivity contribution is 4.95. The molecular formula is C9H17F2NO. The van der Waals surface area contributed by atoms with Crippen LogP contribution in [0.5, 0.6) is 0 Å². The molecule has 78 valence electrons. The van der Waals surface area contributed by atoms with Gasteiger partial charge < -0.3 is 10.0 Å². The van der Waals surface area contributed by atoms with Crippen molar-refractivity contribution in [2.45, 2.75) is 26.2 Å². The van der Waals surface area contributed by atoms with Gasteiger partial charge in [0.2, 0.25) is 0 Å². The molecular weight excluding hydrogens is 176 g/mol. The SMILES string of the molecule is CCN1CCC(F)(F)[C@](C)(CO)C1. The predicted molar refractivity (Wildman–Crippen MR) is 46.9 cm³/mol. The molecule has 4 heteroatoms. The van der Waals surface area contributed by atoms with Crippen molar-refractivity contribution in [3.05, 3.63) is 0 Å². The summed E-state index contributed by atoms with van der Waals surface area (Å²) in [5, 5.41) is 8.99. The zero-order chi connectivity index (χ0) is 10.1.